The van der Waals surface area contributed by atoms with Gasteiger partial charge in [0, 0.05) is 14.5 Å². The second kappa shape index (κ2) is 6.55. The van der Waals surface area contributed by atoms with Crippen molar-refractivity contribution in [3.05, 3.63) is 68.6 Å². The van der Waals surface area contributed by atoms with Gasteiger partial charge < -0.3 is 4.74 Å². The van der Waals surface area contributed by atoms with Gasteiger partial charge in [0.1, 0.15) is 0 Å². The molecule has 0 aliphatic rings. The van der Waals surface area contributed by atoms with E-state index in [1.807, 2.05) is 12.1 Å². The number of hydrogen-bond acceptors (Lipinski definition) is 2. The van der Waals surface area contributed by atoms with Crippen LogP contribution in [0.15, 0.2) is 57.5 Å². The minimum absolute atomic E-state index is 0.449. The van der Waals surface area contributed by atoms with Gasteiger partial charge in [-0.25, -0.2) is 4.79 Å². The highest BCUT2D eigenvalue weighted by Crippen LogP contribution is 2.25. The summed E-state index contributed by atoms with van der Waals surface area (Å²) in [5.41, 5.74) is 0.394. The second-order valence-electron chi connectivity index (χ2n) is 3.78. The average molecular weight is 404 g/mol. The summed E-state index contributed by atoms with van der Waals surface area (Å²) in [5, 5.41) is 0. The van der Waals surface area contributed by atoms with E-state index in [4.69, 9.17) is 16.3 Å². The number of ether oxygens (including phenoxy) is 1. The van der Waals surface area contributed by atoms with Crippen molar-refractivity contribution in [1.82, 2.24) is 0 Å². The summed E-state index contributed by atoms with van der Waals surface area (Å²) in [7, 11) is 0. The Morgan fingerprint density at radius 3 is 1.95 bits per heavy atom. The molecule has 0 amide bonds. The maximum absolute atomic E-state index is 11.9. The Labute approximate surface area is 133 Å². The van der Waals surface area contributed by atoms with Crippen molar-refractivity contribution in [2.24, 2.45) is 0 Å². The summed E-state index contributed by atoms with van der Waals surface area (Å²) in [6, 6.07) is 14.2. The molecule has 0 aliphatic heterocycles. The maximum atomic E-state index is 11.9. The van der Waals surface area contributed by atoms with E-state index >= 15 is 0 Å². The fourth-order valence-corrected chi connectivity index (χ4v) is 2.19. The van der Waals surface area contributed by atoms with Crippen molar-refractivity contribution >= 4 is 49.4 Å². The fraction of sp³-hybridized carbons (Fsp3) is 0.0714. The van der Waals surface area contributed by atoms with Crippen molar-refractivity contribution in [2.75, 3.05) is 0 Å². The van der Waals surface area contributed by atoms with Crippen molar-refractivity contribution in [1.29, 1.82) is 0 Å². The molecule has 0 N–H and O–H groups in total. The van der Waals surface area contributed by atoms with E-state index in [-0.39, 0.29) is 0 Å². The summed E-state index contributed by atoms with van der Waals surface area (Å²) in [6.45, 7) is 0. The zero-order valence-electron chi connectivity index (χ0n) is 9.65. The molecule has 98 valence electrons. The van der Waals surface area contributed by atoms with E-state index in [9.17, 15) is 4.79 Å². The van der Waals surface area contributed by atoms with Crippen LogP contribution in [0.5, 0.6) is 0 Å². The molecule has 19 heavy (non-hydrogen) atoms. The summed E-state index contributed by atoms with van der Waals surface area (Å²) < 4.78 is 7.04. The van der Waals surface area contributed by atoms with Crippen molar-refractivity contribution in [3.8, 4) is 0 Å². The number of carbonyl (C=O) groups excluding carboxylic acids is 1. The molecule has 0 saturated carbocycles. The monoisotopic (exact) mass is 402 g/mol. The lowest BCUT2D eigenvalue weighted by Crippen LogP contribution is -2.07. The minimum Gasteiger partial charge on any atom is -0.438 e. The lowest BCUT2D eigenvalue weighted by Gasteiger charge is -2.11. The van der Waals surface area contributed by atoms with Crippen LogP contribution in [-0.4, -0.2) is 5.97 Å². The Morgan fingerprint density at radius 1 is 0.947 bits per heavy atom. The molecule has 1 atom stereocenters. The molecule has 2 aromatic carbocycles. The molecule has 2 rings (SSSR count). The lowest BCUT2D eigenvalue weighted by atomic mass is 10.2. The Bertz CT molecular complexity index is 567. The maximum Gasteiger partial charge on any atom is 0.339 e. The van der Waals surface area contributed by atoms with Crippen molar-refractivity contribution < 1.29 is 9.53 Å². The highest BCUT2D eigenvalue weighted by molar-refractivity contribution is 9.10. The molecular weight excluding hydrogens is 395 g/mol. The Balaban J connectivity index is 2.06. The van der Waals surface area contributed by atoms with Gasteiger partial charge in [0.25, 0.3) is 0 Å². The summed E-state index contributed by atoms with van der Waals surface area (Å²) in [6.07, 6.45) is 0. The summed E-state index contributed by atoms with van der Waals surface area (Å²) >= 11 is 12.7. The van der Waals surface area contributed by atoms with Gasteiger partial charge in [0.05, 0.1) is 5.56 Å². The molecular formula is C14H9Br2ClO2. The molecule has 2 aromatic rings. The molecule has 0 radical (unpaired) electrons. The van der Waals surface area contributed by atoms with Crippen molar-refractivity contribution in [2.45, 2.75) is 5.56 Å². The van der Waals surface area contributed by atoms with Gasteiger partial charge in [0.15, 0.2) is 0 Å². The normalized spacial score (nSPS) is 11.9. The van der Waals surface area contributed by atoms with Crippen LogP contribution in [0, 0.1) is 0 Å². The van der Waals surface area contributed by atoms with Crippen LogP contribution in [0.25, 0.3) is 0 Å². The van der Waals surface area contributed by atoms with E-state index in [0.717, 1.165) is 14.5 Å². The van der Waals surface area contributed by atoms with Gasteiger partial charge in [-0.3, -0.25) is 0 Å². The van der Waals surface area contributed by atoms with Gasteiger partial charge >= 0.3 is 5.97 Å². The quantitative estimate of drug-likeness (QED) is 0.512. The van der Waals surface area contributed by atoms with Crippen LogP contribution in [0.4, 0.5) is 0 Å². The first-order valence-corrected chi connectivity index (χ1v) is 7.44. The number of halogens is 3. The van der Waals surface area contributed by atoms with Crippen LogP contribution in [0.2, 0.25) is 0 Å². The van der Waals surface area contributed by atoms with Crippen LogP contribution >= 0.6 is 43.5 Å². The molecule has 0 heterocycles. The lowest BCUT2D eigenvalue weighted by molar-refractivity contribution is 0.0446. The minimum atomic E-state index is -0.802. The van der Waals surface area contributed by atoms with Gasteiger partial charge in [0.2, 0.25) is 5.56 Å². The summed E-state index contributed by atoms with van der Waals surface area (Å²) in [5.74, 6) is -0.449. The third-order valence-electron chi connectivity index (χ3n) is 2.42. The third-order valence-corrected chi connectivity index (χ3v) is 3.82. The number of rotatable bonds is 3. The van der Waals surface area contributed by atoms with Gasteiger partial charge in [-0.1, -0.05) is 55.6 Å². The van der Waals surface area contributed by atoms with Crippen LogP contribution in [0.1, 0.15) is 21.5 Å². The zero-order chi connectivity index (χ0) is 13.8. The number of benzene rings is 2. The van der Waals surface area contributed by atoms with Gasteiger partial charge in [-0.2, -0.15) is 0 Å². The van der Waals surface area contributed by atoms with E-state index in [0.29, 0.717) is 5.56 Å². The fourth-order valence-electron chi connectivity index (χ4n) is 1.43. The van der Waals surface area contributed by atoms with Crippen LogP contribution < -0.4 is 0 Å². The predicted octanol–water partition coefficient (Wildman–Crippen LogP) is 5.31. The number of hydrogen-bond donors (Lipinski definition) is 0. The molecule has 0 saturated heterocycles. The Morgan fingerprint density at radius 2 is 1.42 bits per heavy atom. The molecule has 0 bridgehead atoms. The first-order chi connectivity index (χ1) is 9.06. The van der Waals surface area contributed by atoms with Crippen LogP contribution in [-0.2, 0) is 4.74 Å². The topological polar surface area (TPSA) is 26.3 Å². The van der Waals surface area contributed by atoms with E-state index in [1.165, 1.54) is 0 Å². The Kier molecular flexibility index (Phi) is 5.02. The number of carbonyl (C=O) groups is 1. The third kappa shape index (κ3) is 4.06. The molecule has 5 heteroatoms. The van der Waals surface area contributed by atoms with Crippen molar-refractivity contribution in [3.63, 3.8) is 0 Å². The van der Waals surface area contributed by atoms with E-state index in [2.05, 4.69) is 31.9 Å². The molecule has 0 spiro atoms. The Hall–Kier alpha value is -0.840. The molecule has 0 aliphatic carbocycles. The predicted molar refractivity (Wildman–Crippen MR) is 82.3 cm³/mol. The second-order valence-corrected chi connectivity index (χ2v) is 6.01. The SMILES string of the molecule is O=C(O[C@@H](Cl)c1ccc(Br)cc1)c1ccc(Br)cc1. The first-order valence-electron chi connectivity index (χ1n) is 5.42. The van der Waals surface area contributed by atoms with E-state index in [1.54, 1.807) is 36.4 Å². The van der Waals surface area contributed by atoms with Gasteiger partial charge in [-0.15, -0.1) is 0 Å². The molecule has 2 nitrogen and oxygen atoms in total. The molecule has 0 unspecified atom stereocenters. The van der Waals surface area contributed by atoms with E-state index < -0.39 is 11.5 Å². The highest BCUT2D eigenvalue weighted by Gasteiger charge is 2.15. The van der Waals surface area contributed by atoms with Gasteiger partial charge in [-0.05, 0) is 36.4 Å². The molecule has 0 fully saturated rings. The number of esters is 1. The average Bonchev–Trinajstić information content (AvgIpc) is 2.40. The summed E-state index contributed by atoms with van der Waals surface area (Å²) in [4.78, 5) is 11.9. The largest absolute Gasteiger partial charge is 0.438 e. The van der Waals surface area contributed by atoms with Crippen LogP contribution in [0.3, 0.4) is 0 Å². The standard InChI is InChI=1S/C14H9Br2ClO2/c15-11-5-1-9(2-6-11)13(17)19-14(18)10-3-7-12(16)8-4-10/h1-8,13H/t13-/m1/s1. The smallest absolute Gasteiger partial charge is 0.339 e. The number of alkyl halides is 1. The molecule has 0 aromatic heterocycles. The zero-order valence-corrected chi connectivity index (χ0v) is 13.6. The highest BCUT2D eigenvalue weighted by atomic mass is 79.9. The first kappa shape index (κ1) is 14.6.